The molecule has 23 heavy (non-hydrogen) atoms. The fraction of sp³-hybridized carbons (Fsp3) is 0.188. The van der Waals surface area contributed by atoms with Crippen LogP contribution in [0.15, 0.2) is 45.5 Å². The van der Waals surface area contributed by atoms with E-state index in [1.807, 2.05) is 16.8 Å². The number of thiophene rings is 1. The van der Waals surface area contributed by atoms with Crippen molar-refractivity contribution in [1.29, 1.82) is 0 Å². The van der Waals surface area contributed by atoms with Crippen LogP contribution >= 0.6 is 11.3 Å². The van der Waals surface area contributed by atoms with Crippen LogP contribution < -0.4 is 9.47 Å². The summed E-state index contributed by atoms with van der Waals surface area (Å²) in [5.41, 5.74) is 0.884. The first-order valence-electron chi connectivity index (χ1n) is 6.94. The Hall–Kier alpha value is -2.67. The van der Waals surface area contributed by atoms with E-state index >= 15 is 0 Å². The molecule has 0 saturated heterocycles. The van der Waals surface area contributed by atoms with Crippen molar-refractivity contribution in [2.75, 3.05) is 7.11 Å². The quantitative estimate of drug-likeness (QED) is 0.510. The van der Waals surface area contributed by atoms with E-state index < -0.39 is 0 Å². The number of nitrogens with zero attached hydrogens (tertiary/aromatic N) is 2. The third kappa shape index (κ3) is 3.95. The highest BCUT2D eigenvalue weighted by molar-refractivity contribution is 7.08. The summed E-state index contributed by atoms with van der Waals surface area (Å²) < 4.78 is 15.8. The molecule has 0 spiro atoms. The van der Waals surface area contributed by atoms with Gasteiger partial charge in [-0.05, 0) is 35.7 Å². The molecular formula is C16H14N2O4S. The zero-order chi connectivity index (χ0) is 16.1. The second kappa shape index (κ2) is 7.06. The number of aromatic nitrogens is 2. The van der Waals surface area contributed by atoms with Crippen LogP contribution in [0.3, 0.4) is 0 Å². The van der Waals surface area contributed by atoms with Gasteiger partial charge in [0.1, 0.15) is 11.5 Å². The summed E-state index contributed by atoms with van der Waals surface area (Å²) in [6, 6.07) is 8.72. The lowest BCUT2D eigenvalue weighted by Crippen LogP contribution is -2.09. The van der Waals surface area contributed by atoms with Crippen molar-refractivity contribution in [3.05, 3.63) is 47.0 Å². The van der Waals surface area contributed by atoms with Crippen molar-refractivity contribution in [2.45, 2.75) is 12.8 Å². The molecule has 0 saturated carbocycles. The van der Waals surface area contributed by atoms with Crippen molar-refractivity contribution >= 4 is 17.3 Å². The second-order valence-electron chi connectivity index (χ2n) is 4.66. The Kier molecular flexibility index (Phi) is 4.68. The van der Waals surface area contributed by atoms with E-state index in [4.69, 9.17) is 13.9 Å². The summed E-state index contributed by atoms with van der Waals surface area (Å²) in [6.07, 6.45) is 0.503. The number of ether oxygens (including phenoxy) is 2. The van der Waals surface area contributed by atoms with Gasteiger partial charge in [-0.2, -0.15) is 11.3 Å². The predicted molar refractivity (Wildman–Crippen MR) is 84.6 cm³/mol. The Bertz CT molecular complexity index is 766. The SMILES string of the molecule is COc1ccc(OC(=O)CCc2nnc(-c3ccsc3)o2)cc1. The molecule has 0 aliphatic heterocycles. The molecule has 2 aromatic heterocycles. The van der Waals surface area contributed by atoms with Crippen LogP contribution in [0.1, 0.15) is 12.3 Å². The normalized spacial score (nSPS) is 10.5. The first-order chi connectivity index (χ1) is 11.2. The van der Waals surface area contributed by atoms with Gasteiger partial charge in [-0.15, -0.1) is 10.2 Å². The third-order valence-corrected chi connectivity index (χ3v) is 3.75. The molecule has 7 heteroatoms. The number of aryl methyl sites for hydroxylation is 1. The van der Waals surface area contributed by atoms with Crippen LogP contribution in [0.4, 0.5) is 0 Å². The van der Waals surface area contributed by atoms with Gasteiger partial charge in [0.05, 0.1) is 13.5 Å². The number of rotatable bonds is 6. The van der Waals surface area contributed by atoms with Crippen molar-refractivity contribution in [1.82, 2.24) is 10.2 Å². The topological polar surface area (TPSA) is 74.5 Å². The van der Waals surface area contributed by atoms with Gasteiger partial charge in [0, 0.05) is 17.4 Å². The summed E-state index contributed by atoms with van der Waals surface area (Å²) in [7, 11) is 1.58. The zero-order valence-electron chi connectivity index (χ0n) is 12.4. The van der Waals surface area contributed by atoms with E-state index in [0.717, 1.165) is 5.56 Å². The average molecular weight is 330 g/mol. The first kappa shape index (κ1) is 15.2. The molecule has 0 aliphatic carbocycles. The molecule has 0 atom stereocenters. The van der Waals surface area contributed by atoms with Crippen molar-refractivity contribution < 1.29 is 18.7 Å². The minimum absolute atomic E-state index is 0.164. The van der Waals surface area contributed by atoms with Gasteiger partial charge < -0.3 is 13.9 Å². The summed E-state index contributed by atoms with van der Waals surface area (Å²) in [5.74, 6) is 1.70. The molecule has 0 bridgehead atoms. The van der Waals surface area contributed by atoms with Crippen LogP contribution in [0, 0.1) is 0 Å². The molecular weight excluding hydrogens is 316 g/mol. The Balaban J connectivity index is 1.52. The second-order valence-corrected chi connectivity index (χ2v) is 5.44. The van der Waals surface area contributed by atoms with Gasteiger partial charge in [-0.3, -0.25) is 4.79 Å². The highest BCUT2D eigenvalue weighted by Crippen LogP contribution is 2.21. The van der Waals surface area contributed by atoms with Crippen LogP contribution in [-0.2, 0) is 11.2 Å². The zero-order valence-corrected chi connectivity index (χ0v) is 13.2. The molecule has 0 amide bonds. The van der Waals surface area contributed by atoms with Crippen LogP contribution in [0.25, 0.3) is 11.5 Å². The summed E-state index contributed by atoms with van der Waals surface area (Å²) in [4.78, 5) is 11.8. The first-order valence-corrected chi connectivity index (χ1v) is 7.88. The minimum Gasteiger partial charge on any atom is -0.497 e. The molecule has 1 aromatic carbocycles. The Labute approximate surface area is 136 Å². The highest BCUT2D eigenvalue weighted by atomic mass is 32.1. The Morgan fingerprint density at radius 2 is 1.96 bits per heavy atom. The van der Waals surface area contributed by atoms with E-state index in [1.54, 1.807) is 42.7 Å². The van der Waals surface area contributed by atoms with E-state index in [1.165, 1.54) is 0 Å². The number of carbonyl (C=O) groups is 1. The molecule has 0 unspecified atom stereocenters. The summed E-state index contributed by atoms with van der Waals surface area (Å²) in [6.45, 7) is 0. The molecule has 0 aliphatic rings. The third-order valence-electron chi connectivity index (χ3n) is 3.07. The molecule has 0 N–H and O–H groups in total. The Morgan fingerprint density at radius 3 is 2.65 bits per heavy atom. The number of benzene rings is 1. The van der Waals surface area contributed by atoms with Crippen molar-refractivity contribution in [2.24, 2.45) is 0 Å². The number of hydrogen-bond donors (Lipinski definition) is 0. The van der Waals surface area contributed by atoms with Gasteiger partial charge in [0.25, 0.3) is 0 Å². The van der Waals surface area contributed by atoms with Crippen molar-refractivity contribution in [3.63, 3.8) is 0 Å². The molecule has 3 aromatic rings. The lowest BCUT2D eigenvalue weighted by molar-refractivity contribution is -0.134. The van der Waals surface area contributed by atoms with Crippen molar-refractivity contribution in [3.8, 4) is 23.0 Å². The maximum atomic E-state index is 11.8. The molecule has 2 heterocycles. The number of methoxy groups -OCH3 is 1. The molecule has 6 nitrogen and oxygen atoms in total. The van der Waals surface area contributed by atoms with E-state index in [2.05, 4.69) is 10.2 Å². The van der Waals surface area contributed by atoms with Crippen LogP contribution in [0.2, 0.25) is 0 Å². The number of esters is 1. The number of hydrogen-bond acceptors (Lipinski definition) is 7. The van der Waals surface area contributed by atoms with E-state index in [9.17, 15) is 4.79 Å². The Morgan fingerprint density at radius 1 is 1.17 bits per heavy atom. The molecule has 3 rings (SSSR count). The van der Waals surface area contributed by atoms with Gasteiger partial charge in [0.15, 0.2) is 0 Å². The lowest BCUT2D eigenvalue weighted by atomic mass is 10.3. The smallest absolute Gasteiger partial charge is 0.311 e. The van der Waals surface area contributed by atoms with Gasteiger partial charge in [-0.25, -0.2) is 0 Å². The maximum absolute atomic E-state index is 11.8. The monoisotopic (exact) mass is 330 g/mol. The average Bonchev–Trinajstić information content (AvgIpc) is 3.25. The highest BCUT2D eigenvalue weighted by Gasteiger charge is 2.12. The number of carbonyl (C=O) groups excluding carboxylic acids is 1. The fourth-order valence-corrected chi connectivity index (χ4v) is 2.52. The standard InChI is InChI=1S/C16H14N2O4S/c1-20-12-2-4-13(5-3-12)21-15(19)7-6-14-17-18-16(22-14)11-8-9-23-10-11/h2-5,8-10H,6-7H2,1H3. The van der Waals surface area contributed by atoms with Gasteiger partial charge in [-0.1, -0.05) is 0 Å². The lowest BCUT2D eigenvalue weighted by Gasteiger charge is -2.04. The molecule has 0 fully saturated rings. The van der Waals surface area contributed by atoms with Crippen LogP contribution in [0.5, 0.6) is 11.5 Å². The molecule has 118 valence electrons. The molecule has 0 radical (unpaired) electrons. The van der Waals surface area contributed by atoms with Gasteiger partial charge >= 0.3 is 5.97 Å². The maximum Gasteiger partial charge on any atom is 0.311 e. The summed E-state index contributed by atoms with van der Waals surface area (Å²) >= 11 is 1.55. The predicted octanol–water partition coefficient (Wildman–Crippen LogP) is 3.34. The van der Waals surface area contributed by atoms with E-state index in [-0.39, 0.29) is 12.4 Å². The minimum atomic E-state index is -0.356. The van der Waals surface area contributed by atoms with Crippen LogP contribution in [-0.4, -0.2) is 23.3 Å². The largest absolute Gasteiger partial charge is 0.497 e. The van der Waals surface area contributed by atoms with Gasteiger partial charge in [0.2, 0.25) is 11.8 Å². The summed E-state index contributed by atoms with van der Waals surface area (Å²) in [5, 5.41) is 11.8. The fourth-order valence-electron chi connectivity index (χ4n) is 1.89. The van der Waals surface area contributed by atoms with E-state index in [0.29, 0.717) is 29.7 Å².